The van der Waals surface area contributed by atoms with Crippen LogP contribution < -0.4 is 0 Å². The Kier molecular flexibility index (Phi) is 3.74. The normalized spacial score (nSPS) is 12.4. The molecule has 1 unspecified atom stereocenters. The van der Waals surface area contributed by atoms with Crippen molar-refractivity contribution in [2.45, 2.75) is 26.3 Å². The molecule has 2 aromatic rings. The van der Waals surface area contributed by atoms with E-state index in [4.69, 9.17) is 0 Å². The lowest BCUT2D eigenvalue weighted by Gasteiger charge is -2.08. The first-order chi connectivity index (χ1) is 9.08. The molecule has 0 amide bonds. The summed E-state index contributed by atoms with van der Waals surface area (Å²) < 4.78 is 28.6. The van der Waals surface area contributed by atoms with Gasteiger partial charge in [0.1, 0.15) is 5.69 Å². The smallest absolute Gasteiger partial charge is 0.168 e. The lowest BCUT2D eigenvalue weighted by atomic mass is 10.1. The molecule has 0 aliphatic rings. The molecule has 3 nitrogen and oxygen atoms in total. The molecule has 5 heteroatoms. The van der Waals surface area contributed by atoms with Crippen molar-refractivity contribution in [3.05, 3.63) is 41.6 Å². The molecule has 0 saturated heterocycles. The maximum Gasteiger partial charge on any atom is 0.168 e. The summed E-state index contributed by atoms with van der Waals surface area (Å²) in [5.74, 6) is -1.94. The van der Waals surface area contributed by atoms with Crippen LogP contribution in [0.5, 0.6) is 0 Å². The van der Waals surface area contributed by atoms with Crippen LogP contribution in [0.3, 0.4) is 0 Å². The summed E-state index contributed by atoms with van der Waals surface area (Å²) in [5, 5.41) is 4.20. The lowest BCUT2D eigenvalue weighted by Crippen LogP contribution is -2.04. The van der Waals surface area contributed by atoms with Gasteiger partial charge in [-0.25, -0.2) is 8.78 Å². The Bertz CT molecular complexity index is 607. The molecule has 0 aliphatic heterocycles. The second-order valence-corrected chi connectivity index (χ2v) is 4.39. The van der Waals surface area contributed by atoms with Gasteiger partial charge < -0.3 is 0 Å². The van der Waals surface area contributed by atoms with Crippen LogP contribution in [0.2, 0.25) is 0 Å². The zero-order valence-corrected chi connectivity index (χ0v) is 10.7. The zero-order chi connectivity index (χ0) is 14.0. The molecule has 19 heavy (non-hydrogen) atoms. The van der Waals surface area contributed by atoms with Crippen LogP contribution in [0.4, 0.5) is 8.78 Å². The summed E-state index contributed by atoms with van der Waals surface area (Å²) in [6.45, 7) is 3.92. The third-order valence-corrected chi connectivity index (χ3v) is 3.14. The van der Waals surface area contributed by atoms with Gasteiger partial charge in [-0.2, -0.15) is 5.10 Å². The van der Waals surface area contributed by atoms with Crippen LogP contribution in [0.25, 0.3) is 11.3 Å². The van der Waals surface area contributed by atoms with Gasteiger partial charge in [0.05, 0.1) is 5.56 Å². The van der Waals surface area contributed by atoms with Crippen LogP contribution in [0.15, 0.2) is 24.4 Å². The molecule has 0 saturated carbocycles. The summed E-state index contributed by atoms with van der Waals surface area (Å²) in [6.07, 6.45) is 2.98. The molecule has 1 aromatic carbocycles. The van der Waals surface area contributed by atoms with E-state index in [9.17, 15) is 13.6 Å². The van der Waals surface area contributed by atoms with Crippen LogP contribution >= 0.6 is 0 Å². The minimum Gasteiger partial charge on any atom is -0.298 e. The predicted octanol–water partition coefficient (Wildman–Crippen LogP) is 3.61. The molecule has 0 N–H and O–H groups in total. The molecule has 0 spiro atoms. The highest BCUT2D eigenvalue weighted by molar-refractivity contribution is 5.85. The third kappa shape index (κ3) is 2.41. The fraction of sp³-hybridized carbons (Fsp3) is 0.286. The van der Waals surface area contributed by atoms with Crippen molar-refractivity contribution < 1.29 is 13.6 Å². The van der Waals surface area contributed by atoms with Crippen LogP contribution in [-0.2, 0) is 0 Å². The average Bonchev–Trinajstić information content (AvgIpc) is 2.85. The quantitative estimate of drug-likeness (QED) is 0.791. The Hall–Kier alpha value is -2.04. The minimum atomic E-state index is -0.986. The monoisotopic (exact) mass is 264 g/mol. The summed E-state index contributed by atoms with van der Waals surface area (Å²) in [6, 6.07) is 3.92. The molecule has 0 fully saturated rings. The first-order valence-electron chi connectivity index (χ1n) is 6.07. The van der Waals surface area contributed by atoms with E-state index in [-0.39, 0.29) is 22.9 Å². The predicted molar refractivity (Wildman–Crippen MR) is 68.0 cm³/mol. The summed E-state index contributed by atoms with van der Waals surface area (Å²) in [4.78, 5) is 11.1. The van der Waals surface area contributed by atoms with Crippen molar-refractivity contribution in [2.24, 2.45) is 0 Å². The number of benzene rings is 1. The number of nitrogens with zero attached hydrogens (tertiary/aromatic N) is 2. The standard InChI is InChI=1S/C14H14F2N2O/c1-3-9(2)18-7-10(8-19)14(17-18)11-5-4-6-12(15)13(11)16/h4-9H,3H2,1-2H3. The second-order valence-electron chi connectivity index (χ2n) is 4.39. The Morgan fingerprint density at radius 1 is 1.42 bits per heavy atom. The number of hydrogen-bond donors (Lipinski definition) is 0. The van der Waals surface area contributed by atoms with E-state index in [1.807, 2.05) is 13.8 Å². The van der Waals surface area contributed by atoms with Gasteiger partial charge in [-0.1, -0.05) is 13.0 Å². The second kappa shape index (κ2) is 5.30. The first-order valence-corrected chi connectivity index (χ1v) is 6.07. The van der Waals surface area contributed by atoms with Crippen molar-refractivity contribution in [2.75, 3.05) is 0 Å². The van der Waals surface area contributed by atoms with E-state index < -0.39 is 11.6 Å². The van der Waals surface area contributed by atoms with Crippen molar-refractivity contribution in [1.82, 2.24) is 9.78 Å². The number of rotatable bonds is 4. The molecule has 1 aromatic heterocycles. The largest absolute Gasteiger partial charge is 0.298 e. The summed E-state index contributed by atoms with van der Waals surface area (Å²) in [7, 11) is 0. The molecule has 1 heterocycles. The fourth-order valence-corrected chi connectivity index (χ4v) is 1.80. The third-order valence-electron chi connectivity index (χ3n) is 3.14. The van der Waals surface area contributed by atoms with Crippen LogP contribution in [0, 0.1) is 11.6 Å². The van der Waals surface area contributed by atoms with Gasteiger partial charge in [0.15, 0.2) is 17.9 Å². The van der Waals surface area contributed by atoms with E-state index in [1.54, 1.807) is 10.9 Å². The molecule has 0 radical (unpaired) electrons. The molecule has 0 aliphatic carbocycles. The van der Waals surface area contributed by atoms with E-state index >= 15 is 0 Å². The van der Waals surface area contributed by atoms with Gasteiger partial charge in [0.2, 0.25) is 0 Å². The van der Waals surface area contributed by atoms with Crippen molar-refractivity contribution in [1.29, 1.82) is 0 Å². The Labute approximate surface area is 109 Å². The van der Waals surface area contributed by atoms with Gasteiger partial charge >= 0.3 is 0 Å². The van der Waals surface area contributed by atoms with Crippen molar-refractivity contribution in [3.8, 4) is 11.3 Å². The molecule has 2 rings (SSSR count). The Morgan fingerprint density at radius 2 is 2.16 bits per heavy atom. The highest BCUT2D eigenvalue weighted by Gasteiger charge is 2.18. The van der Waals surface area contributed by atoms with Gasteiger partial charge in [0, 0.05) is 17.8 Å². The number of aldehydes is 1. The first kappa shape index (κ1) is 13.4. The van der Waals surface area contributed by atoms with Crippen LogP contribution in [0.1, 0.15) is 36.7 Å². The fourth-order valence-electron chi connectivity index (χ4n) is 1.80. The van der Waals surface area contributed by atoms with Gasteiger partial charge in [-0.05, 0) is 25.5 Å². The zero-order valence-electron chi connectivity index (χ0n) is 10.7. The van der Waals surface area contributed by atoms with E-state index in [0.29, 0.717) is 6.29 Å². The number of halogens is 2. The maximum absolute atomic E-state index is 13.8. The SMILES string of the molecule is CCC(C)n1cc(C=O)c(-c2cccc(F)c2F)n1. The van der Waals surface area contributed by atoms with Gasteiger partial charge in [0.25, 0.3) is 0 Å². The van der Waals surface area contributed by atoms with E-state index in [0.717, 1.165) is 12.5 Å². The lowest BCUT2D eigenvalue weighted by molar-refractivity contribution is 0.112. The minimum absolute atomic E-state index is 0.00385. The highest BCUT2D eigenvalue weighted by Crippen LogP contribution is 2.26. The number of carbonyl (C=O) groups is 1. The molecular weight excluding hydrogens is 250 g/mol. The maximum atomic E-state index is 13.8. The topological polar surface area (TPSA) is 34.9 Å². The van der Waals surface area contributed by atoms with Gasteiger partial charge in [-0.15, -0.1) is 0 Å². The summed E-state index contributed by atoms with van der Waals surface area (Å²) >= 11 is 0. The molecule has 1 atom stereocenters. The Morgan fingerprint density at radius 3 is 2.79 bits per heavy atom. The number of carbonyl (C=O) groups excluding carboxylic acids is 1. The van der Waals surface area contributed by atoms with Gasteiger partial charge in [-0.3, -0.25) is 9.48 Å². The summed E-state index contributed by atoms with van der Waals surface area (Å²) in [5.41, 5.74) is 0.432. The number of aromatic nitrogens is 2. The van der Waals surface area contributed by atoms with E-state index in [1.165, 1.54) is 12.1 Å². The van der Waals surface area contributed by atoms with E-state index in [2.05, 4.69) is 5.10 Å². The van der Waals surface area contributed by atoms with Crippen molar-refractivity contribution >= 4 is 6.29 Å². The molecule has 100 valence electrons. The molecule has 0 bridgehead atoms. The average molecular weight is 264 g/mol. The van der Waals surface area contributed by atoms with Crippen LogP contribution in [-0.4, -0.2) is 16.1 Å². The van der Waals surface area contributed by atoms with Crippen molar-refractivity contribution in [3.63, 3.8) is 0 Å². The molecular formula is C14H14F2N2O. The number of hydrogen-bond acceptors (Lipinski definition) is 2. The Balaban J connectivity index is 2.58. The highest BCUT2D eigenvalue weighted by atomic mass is 19.2.